The highest BCUT2D eigenvalue weighted by molar-refractivity contribution is 9.11. The molecular formula is C16H17BrN4O3S3. The first-order chi connectivity index (χ1) is 12.9. The van der Waals surface area contributed by atoms with Crippen molar-refractivity contribution < 1.29 is 13.2 Å². The summed E-state index contributed by atoms with van der Waals surface area (Å²) in [4.78, 5) is 17.9. The van der Waals surface area contributed by atoms with Gasteiger partial charge in [0.1, 0.15) is 4.21 Å². The first-order valence-electron chi connectivity index (χ1n) is 8.38. The van der Waals surface area contributed by atoms with Gasteiger partial charge in [0.15, 0.2) is 4.96 Å². The highest BCUT2D eigenvalue weighted by atomic mass is 79.9. The second kappa shape index (κ2) is 7.63. The second-order valence-corrected chi connectivity index (χ2v) is 11.8. The van der Waals surface area contributed by atoms with Gasteiger partial charge >= 0.3 is 0 Å². The van der Waals surface area contributed by atoms with Crippen LogP contribution in [0.1, 0.15) is 18.5 Å². The van der Waals surface area contributed by atoms with Crippen LogP contribution < -0.4 is 5.32 Å². The molecule has 1 aliphatic rings. The van der Waals surface area contributed by atoms with Gasteiger partial charge in [-0.3, -0.25) is 9.20 Å². The van der Waals surface area contributed by atoms with E-state index in [9.17, 15) is 13.2 Å². The number of thiazole rings is 1. The Balaban J connectivity index is 1.39. The summed E-state index contributed by atoms with van der Waals surface area (Å²) in [5.74, 6) is -0.473. The molecule has 7 nitrogen and oxygen atoms in total. The number of imidazole rings is 1. The molecule has 1 aliphatic heterocycles. The van der Waals surface area contributed by atoms with Gasteiger partial charge in [-0.15, -0.1) is 22.7 Å². The molecule has 1 unspecified atom stereocenters. The molecule has 1 saturated heterocycles. The number of amides is 1. The van der Waals surface area contributed by atoms with E-state index in [-0.39, 0.29) is 18.4 Å². The summed E-state index contributed by atoms with van der Waals surface area (Å²) in [6.07, 6.45) is 5.16. The van der Waals surface area contributed by atoms with Gasteiger partial charge in [-0.25, -0.2) is 13.4 Å². The van der Waals surface area contributed by atoms with E-state index in [0.717, 1.165) is 14.4 Å². The molecule has 1 fully saturated rings. The third kappa shape index (κ3) is 3.97. The van der Waals surface area contributed by atoms with Crippen molar-refractivity contribution in [1.82, 2.24) is 19.0 Å². The number of piperidine rings is 1. The van der Waals surface area contributed by atoms with Gasteiger partial charge in [-0.1, -0.05) is 0 Å². The third-order valence-electron chi connectivity index (χ3n) is 4.48. The Labute approximate surface area is 173 Å². The average Bonchev–Trinajstić information content (AvgIpc) is 3.36. The van der Waals surface area contributed by atoms with Crippen LogP contribution >= 0.6 is 38.6 Å². The van der Waals surface area contributed by atoms with Gasteiger partial charge in [0.2, 0.25) is 5.91 Å². The zero-order valence-corrected chi connectivity index (χ0v) is 18.2. The molecule has 27 heavy (non-hydrogen) atoms. The predicted octanol–water partition coefficient (Wildman–Crippen LogP) is 2.94. The van der Waals surface area contributed by atoms with Crippen molar-refractivity contribution in [1.29, 1.82) is 0 Å². The van der Waals surface area contributed by atoms with Crippen molar-refractivity contribution in [3.8, 4) is 0 Å². The number of carbonyl (C=O) groups excluding carboxylic acids is 1. The molecule has 11 heteroatoms. The van der Waals surface area contributed by atoms with Crippen molar-refractivity contribution >= 4 is 59.5 Å². The lowest BCUT2D eigenvalue weighted by Gasteiger charge is -2.30. The van der Waals surface area contributed by atoms with Crippen LogP contribution in [0.5, 0.6) is 0 Å². The van der Waals surface area contributed by atoms with Crippen molar-refractivity contribution in [2.24, 2.45) is 5.92 Å². The number of nitrogens with zero attached hydrogens (tertiary/aromatic N) is 3. The fourth-order valence-corrected chi connectivity index (χ4v) is 7.53. The van der Waals surface area contributed by atoms with Crippen LogP contribution in [0.25, 0.3) is 4.96 Å². The van der Waals surface area contributed by atoms with Crippen LogP contribution in [-0.4, -0.2) is 41.1 Å². The zero-order valence-electron chi connectivity index (χ0n) is 14.2. The smallest absolute Gasteiger partial charge is 0.252 e. The number of hydrogen-bond donors (Lipinski definition) is 1. The minimum absolute atomic E-state index is 0.126. The average molecular weight is 489 g/mol. The number of nitrogens with one attached hydrogen (secondary N) is 1. The first kappa shape index (κ1) is 19.1. The molecule has 0 spiro atoms. The maximum Gasteiger partial charge on any atom is 0.252 e. The van der Waals surface area contributed by atoms with Crippen LogP contribution in [0.2, 0.25) is 0 Å². The highest BCUT2D eigenvalue weighted by Crippen LogP contribution is 2.30. The summed E-state index contributed by atoms with van der Waals surface area (Å²) in [6, 6.07) is 3.32. The summed E-state index contributed by atoms with van der Waals surface area (Å²) in [5.41, 5.74) is 0.791. The van der Waals surface area contributed by atoms with E-state index >= 15 is 0 Å². The Hall–Kier alpha value is -1.27. The summed E-state index contributed by atoms with van der Waals surface area (Å²) in [7, 11) is -3.56. The first-order valence-corrected chi connectivity index (χ1v) is 12.3. The van der Waals surface area contributed by atoms with Crippen LogP contribution in [0.15, 0.2) is 37.9 Å². The quantitative estimate of drug-likeness (QED) is 0.598. The molecule has 1 amide bonds. The summed E-state index contributed by atoms with van der Waals surface area (Å²) < 4.78 is 30.0. The van der Waals surface area contributed by atoms with Crippen molar-refractivity contribution in [3.05, 3.63) is 39.4 Å². The summed E-state index contributed by atoms with van der Waals surface area (Å²) >= 11 is 6.02. The number of hydrogen-bond acceptors (Lipinski definition) is 6. The third-order valence-corrected chi connectivity index (χ3v) is 9.21. The van der Waals surface area contributed by atoms with Crippen LogP contribution in [0.3, 0.4) is 0 Å². The zero-order chi connectivity index (χ0) is 19.0. The van der Waals surface area contributed by atoms with Crippen molar-refractivity contribution in [2.45, 2.75) is 23.6 Å². The number of rotatable bonds is 5. The monoisotopic (exact) mass is 488 g/mol. The number of sulfonamides is 1. The minimum atomic E-state index is -3.56. The molecule has 144 valence electrons. The lowest BCUT2D eigenvalue weighted by molar-refractivity contribution is -0.126. The topological polar surface area (TPSA) is 83.8 Å². The van der Waals surface area contributed by atoms with Gasteiger partial charge in [-0.05, 0) is 40.9 Å². The molecule has 3 aromatic rings. The van der Waals surface area contributed by atoms with E-state index in [1.54, 1.807) is 12.1 Å². The largest absolute Gasteiger partial charge is 0.350 e. The number of halogens is 1. The van der Waals surface area contributed by atoms with Gasteiger partial charge in [0, 0.05) is 30.9 Å². The molecule has 0 aromatic carbocycles. The lowest BCUT2D eigenvalue weighted by Crippen LogP contribution is -2.45. The number of thiophene rings is 1. The Kier molecular flexibility index (Phi) is 5.39. The van der Waals surface area contributed by atoms with Gasteiger partial charge in [0.25, 0.3) is 10.0 Å². The molecule has 4 rings (SSSR count). The predicted molar refractivity (Wildman–Crippen MR) is 108 cm³/mol. The molecule has 1 atom stereocenters. The van der Waals surface area contributed by atoms with Crippen LogP contribution in [0.4, 0.5) is 0 Å². The van der Waals surface area contributed by atoms with Crippen molar-refractivity contribution in [3.63, 3.8) is 0 Å². The molecule has 3 aromatic heterocycles. The van der Waals surface area contributed by atoms with E-state index < -0.39 is 10.0 Å². The molecule has 1 N–H and O–H groups in total. The van der Waals surface area contributed by atoms with E-state index in [2.05, 4.69) is 26.2 Å². The normalized spacial score (nSPS) is 18.8. The van der Waals surface area contributed by atoms with Gasteiger partial charge < -0.3 is 5.32 Å². The summed E-state index contributed by atoms with van der Waals surface area (Å²) in [5, 5.41) is 4.85. The maximum atomic E-state index is 12.8. The number of carbonyl (C=O) groups is 1. The molecular weight excluding hydrogens is 472 g/mol. The Morgan fingerprint density at radius 3 is 3.00 bits per heavy atom. The standard InChI is InChI=1S/C16H17BrN4O3S3/c17-13-3-4-14(26-13)27(23,24)21-5-1-2-11(9-21)15(22)18-8-12-10-20-6-7-25-16(20)19-12/h3-4,6-7,10-11H,1-2,5,8-9H2,(H,18,22). The van der Waals surface area contributed by atoms with E-state index in [4.69, 9.17) is 0 Å². The Bertz CT molecular complexity index is 1040. The molecule has 0 aliphatic carbocycles. The van der Waals surface area contributed by atoms with Crippen LogP contribution in [0, 0.1) is 5.92 Å². The fourth-order valence-electron chi connectivity index (χ4n) is 3.12. The lowest BCUT2D eigenvalue weighted by atomic mass is 9.99. The van der Waals surface area contributed by atoms with Crippen molar-refractivity contribution in [2.75, 3.05) is 13.1 Å². The van der Waals surface area contributed by atoms with E-state index in [0.29, 0.717) is 30.1 Å². The number of fused-ring (bicyclic) bond motifs is 1. The SMILES string of the molecule is O=C(NCc1cn2ccsc2n1)C1CCCN(S(=O)(=O)c2ccc(Br)s2)C1. The van der Waals surface area contributed by atoms with E-state index in [1.807, 2.05) is 22.2 Å². The fraction of sp³-hybridized carbons (Fsp3) is 0.375. The number of aromatic nitrogens is 2. The molecule has 0 saturated carbocycles. The Morgan fingerprint density at radius 1 is 1.41 bits per heavy atom. The van der Waals surface area contributed by atoms with E-state index in [1.165, 1.54) is 27.0 Å². The van der Waals surface area contributed by atoms with Gasteiger partial charge in [-0.2, -0.15) is 4.31 Å². The molecule has 0 radical (unpaired) electrons. The minimum Gasteiger partial charge on any atom is -0.350 e. The summed E-state index contributed by atoms with van der Waals surface area (Å²) in [6.45, 7) is 0.995. The molecule has 0 bridgehead atoms. The molecule has 4 heterocycles. The highest BCUT2D eigenvalue weighted by Gasteiger charge is 2.34. The van der Waals surface area contributed by atoms with Crippen LogP contribution in [-0.2, 0) is 21.4 Å². The maximum absolute atomic E-state index is 12.8. The Morgan fingerprint density at radius 2 is 2.26 bits per heavy atom. The second-order valence-electron chi connectivity index (χ2n) is 6.30. The van der Waals surface area contributed by atoms with Gasteiger partial charge in [0.05, 0.1) is 21.9 Å².